The summed E-state index contributed by atoms with van der Waals surface area (Å²) in [4.78, 5) is 5.08. The van der Waals surface area contributed by atoms with E-state index in [-0.39, 0.29) is 18.5 Å². The Labute approximate surface area is 273 Å². The first kappa shape index (κ1) is 27.7. The van der Waals surface area contributed by atoms with E-state index in [9.17, 15) is 0 Å². The average Bonchev–Trinajstić information content (AvgIpc) is 3.50. The van der Waals surface area contributed by atoms with Gasteiger partial charge in [0.25, 0.3) is 0 Å². The molecule has 0 aliphatic carbocycles. The van der Waals surface area contributed by atoms with Gasteiger partial charge in [0.1, 0.15) is 6.17 Å². The van der Waals surface area contributed by atoms with Gasteiger partial charge in [-0.2, -0.15) is 0 Å². The lowest BCUT2D eigenvalue weighted by Crippen LogP contribution is -2.54. The van der Waals surface area contributed by atoms with Gasteiger partial charge in [0.15, 0.2) is 0 Å². The lowest BCUT2D eigenvalue weighted by atomic mass is 10.0. The van der Waals surface area contributed by atoms with Crippen molar-refractivity contribution < 1.29 is 0 Å². The molecule has 0 amide bonds. The molecule has 3 atom stereocenters. The fourth-order valence-electron chi connectivity index (χ4n) is 7.09. The van der Waals surface area contributed by atoms with Crippen LogP contribution < -0.4 is 16.0 Å². The number of nitrogens with zero attached hydrogens (tertiary/aromatic N) is 2. The predicted molar refractivity (Wildman–Crippen MR) is 192 cm³/mol. The molecule has 5 heteroatoms. The van der Waals surface area contributed by atoms with Gasteiger partial charge in [0.2, 0.25) is 0 Å². The fourth-order valence-corrected chi connectivity index (χ4v) is 7.09. The van der Waals surface area contributed by atoms with Crippen molar-refractivity contribution in [1.82, 2.24) is 25.5 Å². The van der Waals surface area contributed by atoms with Crippen LogP contribution in [-0.4, -0.2) is 9.55 Å². The summed E-state index contributed by atoms with van der Waals surface area (Å²) in [6.07, 6.45) is 1.66. The second-order valence-electron chi connectivity index (χ2n) is 12.2. The van der Waals surface area contributed by atoms with Gasteiger partial charge in [0.05, 0.1) is 40.9 Å². The maximum atomic E-state index is 5.08. The SMILES string of the molecule is c1ccc(-c2cccc(C3NC(c4ccccc4)NC(c4ccc(-n5c6ccccc6c6c7ccccc7ccc65)cn4)N3)c2)cc1. The summed E-state index contributed by atoms with van der Waals surface area (Å²) in [6.45, 7) is 0. The molecule has 1 fully saturated rings. The molecular formula is C42H33N5. The molecule has 8 aromatic rings. The molecule has 6 aromatic carbocycles. The molecule has 2 aromatic heterocycles. The quantitative estimate of drug-likeness (QED) is 0.183. The topological polar surface area (TPSA) is 53.9 Å². The average molecular weight is 608 g/mol. The molecule has 3 unspecified atom stereocenters. The van der Waals surface area contributed by atoms with Crippen molar-refractivity contribution in [3.8, 4) is 16.8 Å². The smallest absolute Gasteiger partial charge is 0.104 e. The molecule has 226 valence electrons. The van der Waals surface area contributed by atoms with Gasteiger partial charge in [-0.15, -0.1) is 0 Å². The van der Waals surface area contributed by atoms with Crippen LogP contribution in [0.3, 0.4) is 0 Å². The molecule has 1 saturated heterocycles. The molecule has 5 nitrogen and oxygen atoms in total. The second-order valence-corrected chi connectivity index (χ2v) is 12.2. The Bertz CT molecular complexity index is 2350. The highest BCUT2D eigenvalue weighted by atomic mass is 15.4. The highest BCUT2D eigenvalue weighted by Crippen LogP contribution is 2.37. The molecule has 0 spiro atoms. The monoisotopic (exact) mass is 607 g/mol. The number of para-hydroxylation sites is 1. The van der Waals surface area contributed by atoms with E-state index in [1.807, 2.05) is 6.20 Å². The van der Waals surface area contributed by atoms with E-state index >= 15 is 0 Å². The first-order valence-corrected chi connectivity index (χ1v) is 16.2. The molecule has 1 aliphatic rings. The summed E-state index contributed by atoms with van der Waals surface area (Å²) in [6, 6.07) is 55.9. The predicted octanol–water partition coefficient (Wildman–Crippen LogP) is 9.18. The Morgan fingerprint density at radius 2 is 1.13 bits per heavy atom. The van der Waals surface area contributed by atoms with E-state index in [1.165, 1.54) is 54.8 Å². The van der Waals surface area contributed by atoms with E-state index in [0.717, 1.165) is 11.4 Å². The normalized spacial score (nSPS) is 18.2. The zero-order chi connectivity index (χ0) is 31.2. The van der Waals surface area contributed by atoms with Crippen molar-refractivity contribution in [1.29, 1.82) is 0 Å². The van der Waals surface area contributed by atoms with Crippen LogP contribution in [-0.2, 0) is 0 Å². The minimum atomic E-state index is -0.178. The number of benzene rings is 6. The van der Waals surface area contributed by atoms with Crippen LogP contribution in [0.15, 0.2) is 164 Å². The zero-order valence-electron chi connectivity index (χ0n) is 25.7. The third-order valence-electron chi connectivity index (χ3n) is 9.35. The first-order valence-electron chi connectivity index (χ1n) is 16.2. The highest BCUT2D eigenvalue weighted by Gasteiger charge is 2.30. The molecule has 0 radical (unpaired) electrons. The van der Waals surface area contributed by atoms with Crippen LogP contribution in [0.5, 0.6) is 0 Å². The maximum absolute atomic E-state index is 5.08. The minimum absolute atomic E-state index is 0.0695. The van der Waals surface area contributed by atoms with Crippen LogP contribution in [0.1, 0.15) is 35.3 Å². The molecular weight excluding hydrogens is 574 g/mol. The summed E-state index contributed by atoms with van der Waals surface area (Å²) in [5.41, 5.74) is 9.08. The largest absolute Gasteiger partial charge is 0.308 e. The summed E-state index contributed by atoms with van der Waals surface area (Å²) >= 11 is 0. The van der Waals surface area contributed by atoms with Gasteiger partial charge in [-0.05, 0) is 63.4 Å². The Morgan fingerprint density at radius 3 is 1.94 bits per heavy atom. The van der Waals surface area contributed by atoms with Crippen molar-refractivity contribution in [2.24, 2.45) is 0 Å². The van der Waals surface area contributed by atoms with Crippen LogP contribution in [0.4, 0.5) is 0 Å². The third kappa shape index (κ3) is 4.98. The van der Waals surface area contributed by atoms with Crippen LogP contribution in [0.25, 0.3) is 49.4 Å². The number of rotatable bonds is 5. The highest BCUT2D eigenvalue weighted by molar-refractivity contribution is 6.21. The number of pyridine rings is 1. The van der Waals surface area contributed by atoms with Gasteiger partial charge in [-0.1, -0.05) is 127 Å². The van der Waals surface area contributed by atoms with Crippen molar-refractivity contribution in [2.45, 2.75) is 18.5 Å². The Morgan fingerprint density at radius 1 is 0.468 bits per heavy atom. The van der Waals surface area contributed by atoms with Crippen molar-refractivity contribution in [3.05, 3.63) is 181 Å². The minimum Gasteiger partial charge on any atom is -0.308 e. The first-order chi connectivity index (χ1) is 23.3. The van der Waals surface area contributed by atoms with E-state index in [1.54, 1.807) is 0 Å². The number of fused-ring (bicyclic) bond motifs is 5. The molecule has 1 aliphatic heterocycles. The molecule has 9 rings (SSSR count). The number of aromatic nitrogens is 2. The van der Waals surface area contributed by atoms with Crippen molar-refractivity contribution in [2.75, 3.05) is 0 Å². The summed E-state index contributed by atoms with van der Waals surface area (Å²) in [7, 11) is 0. The van der Waals surface area contributed by atoms with Crippen molar-refractivity contribution >= 4 is 32.6 Å². The number of nitrogens with one attached hydrogen (secondary N) is 3. The van der Waals surface area contributed by atoms with E-state index < -0.39 is 0 Å². The van der Waals surface area contributed by atoms with Crippen LogP contribution >= 0.6 is 0 Å². The molecule has 47 heavy (non-hydrogen) atoms. The molecule has 3 heterocycles. The molecule has 0 saturated carbocycles. The summed E-state index contributed by atoms with van der Waals surface area (Å²) < 4.78 is 2.34. The van der Waals surface area contributed by atoms with E-state index in [0.29, 0.717) is 0 Å². The summed E-state index contributed by atoms with van der Waals surface area (Å²) in [5.74, 6) is 0. The third-order valence-corrected chi connectivity index (χ3v) is 9.35. The van der Waals surface area contributed by atoms with Gasteiger partial charge in [0, 0.05) is 10.8 Å². The number of hydrogen-bond donors (Lipinski definition) is 3. The lowest BCUT2D eigenvalue weighted by molar-refractivity contribution is 0.200. The van der Waals surface area contributed by atoms with E-state index in [2.05, 4.69) is 178 Å². The van der Waals surface area contributed by atoms with Gasteiger partial charge < -0.3 is 4.57 Å². The number of hydrogen-bond acceptors (Lipinski definition) is 4. The Balaban J connectivity index is 1.10. The Hall–Kier alpha value is -5.59. The van der Waals surface area contributed by atoms with E-state index in [4.69, 9.17) is 4.98 Å². The van der Waals surface area contributed by atoms with Crippen LogP contribution in [0.2, 0.25) is 0 Å². The standard InChI is InChI=1S/C42H33N5/c1-3-12-28(13-4-1)31-17-11-18-32(26-31)41-44-40(30-15-5-2-6-16-30)45-42(46-41)36-24-23-33(27-43-36)47-37-21-10-9-20-35(37)39-34-19-8-7-14-29(34)22-25-38(39)47/h1-27,40-42,44-46H. The lowest BCUT2D eigenvalue weighted by Gasteiger charge is -2.39. The van der Waals surface area contributed by atoms with Crippen LogP contribution in [0, 0.1) is 0 Å². The molecule has 3 N–H and O–H groups in total. The van der Waals surface area contributed by atoms with Gasteiger partial charge >= 0.3 is 0 Å². The van der Waals surface area contributed by atoms with Gasteiger partial charge in [-0.3, -0.25) is 20.9 Å². The van der Waals surface area contributed by atoms with Gasteiger partial charge in [-0.25, -0.2) is 0 Å². The fraction of sp³-hybridized carbons (Fsp3) is 0.0714. The maximum Gasteiger partial charge on any atom is 0.104 e. The zero-order valence-corrected chi connectivity index (χ0v) is 25.7. The van der Waals surface area contributed by atoms with Crippen molar-refractivity contribution in [3.63, 3.8) is 0 Å². The second kappa shape index (κ2) is 11.6. The Kier molecular flexibility index (Phi) is 6.86. The summed E-state index contributed by atoms with van der Waals surface area (Å²) in [5, 5.41) is 16.4. The molecule has 0 bridgehead atoms.